The average molecular weight is 247 g/mol. The summed E-state index contributed by atoms with van der Waals surface area (Å²) in [5.41, 5.74) is 1.67. The van der Waals surface area contributed by atoms with Gasteiger partial charge in [-0.25, -0.2) is 4.98 Å². The number of thiazole rings is 1. The Morgan fingerprint density at radius 2 is 2.29 bits per heavy atom. The van der Waals surface area contributed by atoms with Crippen LogP contribution < -0.4 is 4.74 Å². The summed E-state index contributed by atoms with van der Waals surface area (Å²) in [5, 5.41) is 2.93. The lowest BCUT2D eigenvalue weighted by Gasteiger charge is -2.04. The van der Waals surface area contributed by atoms with Crippen molar-refractivity contribution in [2.75, 3.05) is 0 Å². The molecule has 0 saturated heterocycles. The van der Waals surface area contributed by atoms with Crippen molar-refractivity contribution in [2.24, 2.45) is 0 Å². The fourth-order valence-electron chi connectivity index (χ4n) is 1.42. The zero-order chi connectivity index (χ0) is 12.3. The summed E-state index contributed by atoms with van der Waals surface area (Å²) < 4.78 is 5.59. The van der Waals surface area contributed by atoms with E-state index < -0.39 is 0 Å². The number of aryl methyl sites for hydroxylation is 1. The maximum absolute atomic E-state index is 11.2. The Bertz CT molecular complexity index is 534. The quantitative estimate of drug-likeness (QED) is 0.779. The average Bonchev–Trinajstić information content (AvgIpc) is 2.73. The molecule has 4 heteroatoms. The van der Waals surface area contributed by atoms with E-state index in [-0.39, 0.29) is 5.78 Å². The van der Waals surface area contributed by atoms with Crippen molar-refractivity contribution in [1.82, 2.24) is 4.98 Å². The number of ketones is 1. The lowest BCUT2D eigenvalue weighted by atomic mass is 10.1. The minimum atomic E-state index is 0.0422. The van der Waals surface area contributed by atoms with Crippen LogP contribution in [0.4, 0.5) is 0 Å². The standard InChI is InChI=1S/C13H13NO2S/c1-9-8-17-13(14-9)7-16-12-5-3-4-11(6-12)10(2)15/h3-6,8H,7H2,1-2H3. The molecule has 2 rings (SSSR count). The van der Waals surface area contributed by atoms with Crippen molar-refractivity contribution in [3.63, 3.8) is 0 Å². The van der Waals surface area contributed by atoms with Gasteiger partial charge in [0.2, 0.25) is 0 Å². The van der Waals surface area contributed by atoms with Gasteiger partial charge in [-0.3, -0.25) is 4.79 Å². The van der Waals surface area contributed by atoms with Crippen LogP contribution in [0, 0.1) is 6.92 Å². The first-order valence-corrected chi connectivity index (χ1v) is 6.18. The van der Waals surface area contributed by atoms with E-state index in [9.17, 15) is 4.79 Å². The van der Waals surface area contributed by atoms with E-state index in [1.54, 1.807) is 30.4 Å². The van der Waals surface area contributed by atoms with Gasteiger partial charge in [0.1, 0.15) is 17.4 Å². The van der Waals surface area contributed by atoms with Gasteiger partial charge in [0, 0.05) is 16.6 Å². The SMILES string of the molecule is CC(=O)c1cccc(OCc2nc(C)cs2)c1. The fraction of sp³-hybridized carbons (Fsp3) is 0.231. The number of nitrogens with zero attached hydrogens (tertiary/aromatic N) is 1. The van der Waals surface area contributed by atoms with Crippen LogP contribution in [0.3, 0.4) is 0 Å². The van der Waals surface area contributed by atoms with Gasteiger partial charge in [-0.15, -0.1) is 11.3 Å². The molecule has 1 heterocycles. The normalized spacial score (nSPS) is 10.2. The first-order valence-electron chi connectivity index (χ1n) is 5.30. The molecule has 1 aromatic carbocycles. The number of hydrogen-bond acceptors (Lipinski definition) is 4. The minimum absolute atomic E-state index is 0.0422. The van der Waals surface area contributed by atoms with E-state index in [1.807, 2.05) is 24.4 Å². The van der Waals surface area contributed by atoms with Crippen LogP contribution in [-0.4, -0.2) is 10.8 Å². The molecule has 0 aliphatic heterocycles. The van der Waals surface area contributed by atoms with Crippen LogP contribution >= 0.6 is 11.3 Å². The van der Waals surface area contributed by atoms with Crippen molar-refractivity contribution >= 4 is 17.1 Å². The highest BCUT2D eigenvalue weighted by Crippen LogP contribution is 2.17. The summed E-state index contributed by atoms with van der Waals surface area (Å²) in [6.07, 6.45) is 0. The van der Waals surface area contributed by atoms with E-state index >= 15 is 0 Å². The molecule has 1 aromatic heterocycles. The Labute approximate surface area is 104 Å². The van der Waals surface area contributed by atoms with Gasteiger partial charge in [0.15, 0.2) is 5.78 Å². The summed E-state index contributed by atoms with van der Waals surface area (Å²) >= 11 is 1.58. The first kappa shape index (κ1) is 11.8. The van der Waals surface area contributed by atoms with Crippen LogP contribution in [0.15, 0.2) is 29.6 Å². The molecule has 0 N–H and O–H groups in total. The Hall–Kier alpha value is -1.68. The molecule has 0 saturated carbocycles. The zero-order valence-electron chi connectivity index (χ0n) is 9.77. The maximum Gasteiger partial charge on any atom is 0.159 e. The number of ether oxygens (including phenoxy) is 1. The summed E-state index contributed by atoms with van der Waals surface area (Å²) in [6.45, 7) is 3.94. The Balaban J connectivity index is 2.04. The third-order valence-corrected chi connectivity index (χ3v) is 3.21. The smallest absolute Gasteiger partial charge is 0.159 e. The van der Waals surface area contributed by atoms with Crippen molar-refractivity contribution < 1.29 is 9.53 Å². The summed E-state index contributed by atoms with van der Waals surface area (Å²) in [4.78, 5) is 15.5. The van der Waals surface area contributed by atoms with Crippen molar-refractivity contribution in [3.05, 3.63) is 45.9 Å². The van der Waals surface area contributed by atoms with Gasteiger partial charge in [-0.2, -0.15) is 0 Å². The van der Waals surface area contributed by atoms with E-state index in [0.717, 1.165) is 10.7 Å². The number of rotatable bonds is 4. The zero-order valence-corrected chi connectivity index (χ0v) is 10.6. The molecule has 0 spiro atoms. The highest BCUT2D eigenvalue weighted by atomic mass is 32.1. The number of aromatic nitrogens is 1. The second kappa shape index (κ2) is 5.10. The number of carbonyl (C=O) groups is 1. The maximum atomic E-state index is 11.2. The molecule has 0 atom stereocenters. The van der Waals surface area contributed by atoms with Crippen LogP contribution in [0.2, 0.25) is 0 Å². The lowest BCUT2D eigenvalue weighted by molar-refractivity contribution is 0.101. The fourth-order valence-corrected chi connectivity index (χ4v) is 2.10. The van der Waals surface area contributed by atoms with Gasteiger partial charge >= 0.3 is 0 Å². The molecular formula is C13H13NO2S. The molecule has 3 nitrogen and oxygen atoms in total. The summed E-state index contributed by atoms with van der Waals surface area (Å²) in [5.74, 6) is 0.742. The number of benzene rings is 1. The number of Topliss-reactive ketones (excluding diaryl/α,β-unsaturated/α-hetero) is 1. The topological polar surface area (TPSA) is 39.2 Å². The van der Waals surface area contributed by atoms with E-state index in [0.29, 0.717) is 17.9 Å². The van der Waals surface area contributed by atoms with E-state index in [1.165, 1.54) is 0 Å². The third kappa shape index (κ3) is 3.14. The van der Waals surface area contributed by atoms with Crippen LogP contribution in [0.1, 0.15) is 28.0 Å². The lowest BCUT2D eigenvalue weighted by Crippen LogP contribution is -1.97. The summed E-state index contributed by atoms with van der Waals surface area (Å²) in [7, 11) is 0. The molecule has 0 aliphatic rings. The molecule has 17 heavy (non-hydrogen) atoms. The predicted molar refractivity (Wildman–Crippen MR) is 67.6 cm³/mol. The van der Waals surface area contributed by atoms with Gasteiger partial charge < -0.3 is 4.74 Å². The van der Waals surface area contributed by atoms with Crippen LogP contribution in [0.5, 0.6) is 5.75 Å². The molecule has 0 aliphatic carbocycles. The molecular weight excluding hydrogens is 234 g/mol. The molecule has 0 fully saturated rings. The Morgan fingerprint density at radius 1 is 1.47 bits per heavy atom. The minimum Gasteiger partial charge on any atom is -0.486 e. The molecule has 88 valence electrons. The van der Waals surface area contributed by atoms with Gasteiger partial charge in [0.05, 0.1) is 0 Å². The highest BCUT2D eigenvalue weighted by molar-refractivity contribution is 7.09. The molecule has 0 radical (unpaired) electrons. The van der Waals surface area contributed by atoms with Crippen LogP contribution in [-0.2, 0) is 6.61 Å². The number of carbonyl (C=O) groups excluding carboxylic acids is 1. The van der Waals surface area contributed by atoms with E-state index in [4.69, 9.17) is 4.74 Å². The van der Waals surface area contributed by atoms with Crippen molar-refractivity contribution in [2.45, 2.75) is 20.5 Å². The molecule has 0 bridgehead atoms. The van der Waals surface area contributed by atoms with Crippen LogP contribution in [0.25, 0.3) is 0 Å². The molecule has 0 unspecified atom stereocenters. The van der Waals surface area contributed by atoms with Gasteiger partial charge in [-0.1, -0.05) is 12.1 Å². The molecule has 0 amide bonds. The highest BCUT2D eigenvalue weighted by Gasteiger charge is 2.03. The Morgan fingerprint density at radius 3 is 2.94 bits per heavy atom. The Kier molecular flexibility index (Phi) is 3.54. The van der Waals surface area contributed by atoms with Gasteiger partial charge in [0.25, 0.3) is 0 Å². The van der Waals surface area contributed by atoms with Crippen molar-refractivity contribution in [3.8, 4) is 5.75 Å². The third-order valence-electron chi connectivity index (χ3n) is 2.27. The number of hydrogen-bond donors (Lipinski definition) is 0. The first-order chi connectivity index (χ1) is 8.15. The monoisotopic (exact) mass is 247 g/mol. The second-order valence-electron chi connectivity index (χ2n) is 3.76. The second-order valence-corrected chi connectivity index (χ2v) is 4.70. The van der Waals surface area contributed by atoms with Crippen molar-refractivity contribution in [1.29, 1.82) is 0 Å². The van der Waals surface area contributed by atoms with E-state index in [2.05, 4.69) is 4.98 Å². The largest absolute Gasteiger partial charge is 0.486 e. The predicted octanol–water partition coefficient (Wildman–Crippen LogP) is 3.23. The molecule has 2 aromatic rings. The van der Waals surface area contributed by atoms with Gasteiger partial charge in [-0.05, 0) is 26.0 Å². The summed E-state index contributed by atoms with van der Waals surface area (Å²) in [6, 6.07) is 7.19.